The van der Waals surface area contributed by atoms with Crippen LogP contribution in [0, 0.1) is 11.3 Å². The molecule has 0 amide bonds. The van der Waals surface area contributed by atoms with Gasteiger partial charge < -0.3 is 18.9 Å². The predicted molar refractivity (Wildman–Crippen MR) is 103 cm³/mol. The van der Waals surface area contributed by atoms with Crippen LogP contribution in [0.3, 0.4) is 0 Å². The molecule has 1 aromatic heterocycles. The molecule has 3 aromatic rings. The van der Waals surface area contributed by atoms with Crippen LogP contribution in [-0.2, 0) is 14.2 Å². The lowest BCUT2D eigenvalue weighted by Crippen LogP contribution is -2.32. The summed E-state index contributed by atoms with van der Waals surface area (Å²) in [7, 11) is 0. The standard InChI is InChI=1S/C21H21N3O4/c22-12-16-1-6-20-21(11-16)24(15-23-20)17-2-4-18(5-3-17)27-9-7-25-13-19-14-26-8-10-28-19/h1-6,11,15,19H,7-10,13-14H2/t19-/m0/s1. The molecule has 2 aromatic carbocycles. The number of ether oxygens (including phenoxy) is 4. The van der Waals surface area contributed by atoms with Crippen molar-refractivity contribution in [2.75, 3.05) is 39.6 Å². The molecule has 0 spiro atoms. The SMILES string of the molecule is N#Cc1ccc2ncn(-c3ccc(OCCOC[C@H]4COCCO4)cc3)c2c1. The van der Waals surface area contributed by atoms with Crippen molar-refractivity contribution in [2.24, 2.45) is 0 Å². The molecule has 0 bridgehead atoms. The van der Waals surface area contributed by atoms with Gasteiger partial charge in [0.25, 0.3) is 0 Å². The van der Waals surface area contributed by atoms with E-state index in [1.165, 1.54) is 0 Å². The van der Waals surface area contributed by atoms with Gasteiger partial charge in [0.05, 0.1) is 55.7 Å². The van der Waals surface area contributed by atoms with Crippen molar-refractivity contribution < 1.29 is 18.9 Å². The second-order valence-electron chi connectivity index (χ2n) is 6.41. The van der Waals surface area contributed by atoms with Gasteiger partial charge in [-0.25, -0.2) is 4.98 Å². The Morgan fingerprint density at radius 3 is 2.82 bits per heavy atom. The molecule has 2 heterocycles. The number of nitriles is 1. The van der Waals surface area contributed by atoms with Crippen LogP contribution >= 0.6 is 0 Å². The summed E-state index contributed by atoms with van der Waals surface area (Å²) in [6, 6.07) is 15.4. The molecular formula is C21H21N3O4. The Labute approximate surface area is 163 Å². The van der Waals surface area contributed by atoms with Crippen LogP contribution in [-0.4, -0.2) is 55.3 Å². The Balaban J connectivity index is 1.31. The largest absolute Gasteiger partial charge is 0.491 e. The monoisotopic (exact) mass is 379 g/mol. The summed E-state index contributed by atoms with van der Waals surface area (Å²) in [5.74, 6) is 0.770. The van der Waals surface area contributed by atoms with Gasteiger partial charge in [0, 0.05) is 5.69 Å². The van der Waals surface area contributed by atoms with Crippen LogP contribution in [0.2, 0.25) is 0 Å². The van der Waals surface area contributed by atoms with Gasteiger partial charge in [-0.05, 0) is 42.5 Å². The first-order valence-electron chi connectivity index (χ1n) is 9.21. The number of benzene rings is 2. The second kappa shape index (κ2) is 8.85. The zero-order valence-electron chi connectivity index (χ0n) is 15.4. The van der Waals surface area contributed by atoms with Gasteiger partial charge in [-0.2, -0.15) is 5.26 Å². The summed E-state index contributed by atoms with van der Waals surface area (Å²) in [5, 5.41) is 9.11. The van der Waals surface area contributed by atoms with Crippen LogP contribution in [0.1, 0.15) is 5.56 Å². The van der Waals surface area contributed by atoms with Crippen molar-refractivity contribution in [3.8, 4) is 17.5 Å². The van der Waals surface area contributed by atoms with E-state index in [1.54, 1.807) is 12.4 Å². The van der Waals surface area contributed by atoms with Gasteiger partial charge in [-0.15, -0.1) is 0 Å². The molecule has 4 rings (SSSR count). The van der Waals surface area contributed by atoms with E-state index in [-0.39, 0.29) is 6.10 Å². The third kappa shape index (κ3) is 4.31. The van der Waals surface area contributed by atoms with Crippen molar-refractivity contribution >= 4 is 11.0 Å². The highest BCUT2D eigenvalue weighted by Crippen LogP contribution is 2.21. The number of aromatic nitrogens is 2. The fourth-order valence-electron chi connectivity index (χ4n) is 3.05. The van der Waals surface area contributed by atoms with E-state index < -0.39 is 0 Å². The summed E-state index contributed by atoms with van der Waals surface area (Å²) in [5.41, 5.74) is 3.31. The molecule has 0 unspecified atom stereocenters. The van der Waals surface area contributed by atoms with E-state index in [9.17, 15) is 0 Å². The lowest BCUT2D eigenvalue weighted by Gasteiger charge is -2.22. The van der Waals surface area contributed by atoms with Crippen LogP contribution < -0.4 is 4.74 Å². The van der Waals surface area contributed by atoms with E-state index in [0.717, 1.165) is 22.5 Å². The maximum atomic E-state index is 9.11. The maximum absolute atomic E-state index is 9.11. The minimum Gasteiger partial charge on any atom is -0.491 e. The molecule has 7 nitrogen and oxygen atoms in total. The Hall–Kier alpha value is -2.92. The van der Waals surface area contributed by atoms with Crippen molar-refractivity contribution in [1.82, 2.24) is 9.55 Å². The summed E-state index contributed by atoms with van der Waals surface area (Å²) in [6.07, 6.45) is 1.77. The van der Waals surface area contributed by atoms with Crippen LogP contribution in [0.15, 0.2) is 48.8 Å². The minimum absolute atomic E-state index is 0.0135. The predicted octanol–water partition coefficient (Wildman–Crippen LogP) is 2.71. The average molecular weight is 379 g/mol. The fourth-order valence-corrected chi connectivity index (χ4v) is 3.05. The quantitative estimate of drug-likeness (QED) is 0.588. The molecule has 144 valence electrons. The van der Waals surface area contributed by atoms with Crippen molar-refractivity contribution in [2.45, 2.75) is 6.10 Å². The highest BCUT2D eigenvalue weighted by molar-refractivity contribution is 5.79. The Bertz CT molecular complexity index is 956. The molecule has 28 heavy (non-hydrogen) atoms. The molecule has 1 atom stereocenters. The summed E-state index contributed by atoms with van der Waals surface area (Å²) in [4.78, 5) is 4.39. The summed E-state index contributed by atoms with van der Waals surface area (Å²) >= 11 is 0. The zero-order chi connectivity index (χ0) is 19.2. The number of fused-ring (bicyclic) bond motifs is 1. The molecular weight excluding hydrogens is 358 g/mol. The smallest absolute Gasteiger partial charge is 0.119 e. The van der Waals surface area contributed by atoms with Gasteiger partial charge in [0.15, 0.2) is 0 Å². The molecule has 0 aliphatic carbocycles. The first kappa shape index (κ1) is 18.4. The van der Waals surface area contributed by atoms with Gasteiger partial charge in [-0.1, -0.05) is 0 Å². The van der Waals surface area contributed by atoms with E-state index in [1.807, 2.05) is 41.0 Å². The van der Waals surface area contributed by atoms with Gasteiger partial charge in [0.2, 0.25) is 0 Å². The molecule has 0 radical (unpaired) electrons. The van der Waals surface area contributed by atoms with Crippen molar-refractivity contribution in [3.05, 3.63) is 54.4 Å². The number of nitrogens with zero attached hydrogens (tertiary/aromatic N) is 3. The molecule has 0 saturated carbocycles. The normalized spacial score (nSPS) is 16.8. The maximum Gasteiger partial charge on any atom is 0.119 e. The van der Waals surface area contributed by atoms with Gasteiger partial charge >= 0.3 is 0 Å². The van der Waals surface area contributed by atoms with E-state index in [2.05, 4.69) is 11.1 Å². The Morgan fingerprint density at radius 2 is 2.04 bits per heavy atom. The third-order valence-electron chi connectivity index (χ3n) is 4.48. The van der Waals surface area contributed by atoms with E-state index >= 15 is 0 Å². The second-order valence-corrected chi connectivity index (χ2v) is 6.41. The molecule has 1 saturated heterocycles. The molecule has 0 N–H and O–H groups in total. The average Bonchev–Trinajstić information content (AvgIpc) is 3.18. The number of hydrogen-bond donors (Lipinski definition) is 0. The lowest BCUT2D eigenvalue weighted by atomic mass is 10.2. The third-order valence-corrected chi connectivity index (χ3v) is 4.48. The van der Waals surface area contributed by atoms with E-state index in [0.29, 0.717) is 45.2 Å². The molecule has 1 fully saturated rings. The Kier molecular flexibility index (Phi) is 5.83. The highest BCUT2D eigenvalue weighted by atomic mass is 16.6. The fraction of sp³-hybridized carbons (Fsp3) is 0.333. The zero-order valence-corrected chi connectivity index (χ0v) is 15.4. The van der Waals surface area contributed by atoms with Crippen molar-refractivity contribution in [1.29, 1.82) is 5.26 Å². The number of imidazole rings is 1. The van der Waals surface area contributed by atoms with Crippen LogP contribution in [0.5, 0.6) is 5.75 Å². The molecule has 1 aliphatic heterocycles. The van der Waals surface area contributed by atoms with Gasteiger partial charge in [-0.3, -0.25) is 4.57 Å². The van der Waals surface area contributed by atoms with Crippen LogP contribution in [0.25, 0.3) is 16.7 Å². The number of rotatable bonds is 7. The summed E-state index contributed by atoms with van der Waals surface area (Å²) < 4.78 is 24.1. The topological polar surface area (TPSA) is 78.5 Å². The van der Waals surface area contributed by atoms with Crippen molar-refractivity contribution in [3.63, 3.8) is 0 Å². The molecule has 1 aliphatic rings. The number of hydrogen-bond acceptors (Lipinski definition) is 6. The summed E-state index contributed by atoms with van der Waals surface area (Å²) in [6.45, 7) is 3.34. The van der Waals surface area contributed by atoms with Crippen LogP contribution in [0.4, 0.5) is 0 Å². The Morgan fingerprint density at radius 1 is 1.14 bits per heavy atom. The molecule has 7 heteroatoms. The highest BCUT2D eigenvalue weighted by Gasteiger charge is 2.14. The first-order chi connectivity index (χ1) is 13.8. The van der Waals surface area contributed by atoms with E-state index in [4.69, 9.17) is 24.2 Å². The minimum atomic E-state index is 0.0135. The lowest BCUT2D eigenvalue weighted by molar-refractivity contribution is -0.116. The first-order valence-corrected chi connectivity index (χ1v) is 9.21. The van der Waals surface area contributed by atoms with Gasteiger partial charge in [0.1, 0.15) is 24.8 Å².